The molecule has 0 aromatic rings. The van der Waals surface area contributed by atoms with Gasteiger partial charge in [0.05, 0.1) is 0 Å². The van der Waals surface area contributed by atoms with Crippen molar-refractivity contribution >= 4 is 0 Å². The minimum absolute atomic E-state index is 0.374. The summed E-state index contributed by atoms with van der Waals surface area (Å²) in [4.78, 5) is 0. The van der Waals surface area contributed by atoms with Crippen LogP contribution in [0.2, 0.25) is 0 Å². The van der Waals surface area contributed by atoms with Gasteiger partial charge in [-0.2, -0.15) is 0 Å². The maximum atomic E-state index is 4.01. The largest absolute Gasteiger partial charge is 0.386 e. The van der Waals surface area contributed by atoms with E-state index in [1.54, 1.807) is 0 Å². The van der Waals surface area contributed by atoms with E-state index in [0.29, 0.717) is 5.41 Å². The van der Waals surface area contributed by atoms with Crippen LogP contribution in [0.25, 0.3) is 0 Å². The highest BCUT2D eigenvalue weighted by atomic mass is 15.0. The minimum atomic E-state index is 0.374. The molecule has 1 fully saturated rings. The van der Waals surface area contributed by atoms with Gasteiger partial charge in [0.1, 0.15) is 0 Å². The first-order chi connectivity index (χ1) is 4.97. The van der Waals surface area contributed by atoms with E-state index in [1.807, 2.05) is 0 Å². The van der Waals surface area contributed by atoms with Crippen LogP contribution in [0, 0.1) is 5.41 Å². The molecule has 0 unspecified atom stereocenters. The van der Waals surface area contributed by atoms with E-state index in [0.717, 1.165) is 12.5 Å². The van der Waals surface area contributed by atoms with Crippen LogP contribution < -0.4 is 5.32 Å². The second-order valence-electron chi connectivity index (χ2n) is 4.76. The Kier molecular flexibility index (Phi) is 2.26. The second-order valence-corrected chi connectivity index (χ2v) is 4.76. The van der Waals surface area contributed by atoms with Crippen LogP contribution >= 0.6 is 0 Å². The van der Waals surface area contributed by atoms with Gasteiger partial charge in [0, 0.05) is 11.7 Å². The molecule has 0 bridgehead atoms. The molecule has 0 saturated heterocycles. The average molecular weight is 153 g/mol. The number of allylic oxidation sites excluding steroid dienone is 1. The predicted octanol–water partition coefficient (Wildman–Crippen LogP) is 2.69. The summed E-state index contributed by atoms with van der Waals surface area (Å²) >= 11 is 0. The standard InChI is InChI=1S/C10H19N/c1-8(7-10(2,3)4)11-9-5-6-9/h9,11H,1,5-7H2,2-4H3. The minimum Gasteiger partial charge on any atom is -0.386 e. The highest BCUT2D eigenvalue weighted by Gasteiger charge is 2.22. The van der Waals surface area contributed by atoms with Gasteiger partial charge in [-0.15, -0.1) is 0 Å². The Bertz CT molecular complexity index is 149. The van der Waals surface area contributed by atoms with Crippen LogP contribution in [0.5, 0.6) is 0 Å². The summed E-state index contributed by atoms with van der Waals surface area (Å²) in [5.74, 6) is 0. The van der Waals surface area contributed by atoms with Crippen molar-refractivity contribution in [1.29, 1.82) is 0 Å². The molecule has 11 heavy (non-hydrogen) atoms. The van der Waals surface area contributed by atoms with Gasteiger partial charge in [0.15, 0.2) is 0 Å². The van der Waals surface area contributed by atoms with Crippen LogP contribution in [0.3, 0.4) is 0 Å². The number of nitrogens with one attached hydrogen (secondary N) is 1. The van der Waals surface area contributed by atoms with Crippen LogP contribution in [0.15, 0.2) is 12.3 Å². The lowest BCUT2D eigenvalue weighted by Crippen LogP contribution is -2.19. The van der Waals surface area contributed by atoms with Gasteiger partial charge in [0.25, 0.3) is 0 Å². The van der Waals surface area contributed by atoms with Crippen molar-refractivity contribution in [2.45, 2.75) is 46.1 Å². The molecular formula is C10H19N. The van der Waals surface area contributed by atoms with E-state index in [2.05, 4.69) is 32.7 Å². The Labute approximate surface area is 69.9 Å². The molecular weight excluding hydrogens is 134 g/mol. The number of rotatable bonds is 3. The fraction of sp³-hybridized carbons (Fsp3) is 0.800. The molecule has 1 heteroatoms. The van der Waals surface area contributed by atoms with Crippen molar-refractivity contribution in [1.82, 2.24) is 5.32 Å². The van der Waals surface area contributed by atoms with Gasteiger partial charge in [-0.25, -0.2) is 0 Å². The lowest BCUT2D eigenvalue weighted by molar-refractivity contribution is 0.398. The van der Waals surface area contributed by atoms with E-state index < -0.39 is 0 Å². The third-order valence-electron chi connectivity index (χ3n) is 1.73. The first-order valence-corrected chi connectivity index (χ1v) is 4.42. The van der Waals surface area contributed by atoms with Crippen LogP contribution in [-0.2, 0) is 0 Å². The van der Waals surface area contributed by atoms with Gasteiger partial charge in [-0.05, 0) is 24.7 Å². The highest BCUT2D eigenvalue weighted by molar-refractivity contribution is 5.00. The molecule has 1 nitrogen and oxygen atoms in total. The lowest BCUT2D eigenvalue weighted by atomic mass is 9.91. The molecule has 0 amide bonds. The molecule has 0 aliphatic heterocycles. The van der Waals surface area contributed by atoms with E-state index in [-0.39, 0.29) is 0 Å². The van der Waals surface area contributed by atoms with Gasteiger partial charge >= 0.3 is 0 Å². The van der Waals surface area contributed by atoms with Crippen LogP contribution in [0.4, 0.5) is 0 Å². The van der Waals surface area contributed by atoms with E-state index in [4.69, 9.17) is 0 Å². The fourth-order valence-corrected chi connectivity index (χ4v) is 1.21. The molecule has 0 aromatic carbocycles. The third-order valence-corrected chi connectivity index (χ3v) is 1.73. The molecule has 0 atom stereocenters. The smallest absolute Gasteiger partial charge is 0.0259 e. The zero-order chi connectivity index (χ0) is 8.48. The molecule has 0 spiro atoms. The Morgan fingerprint density at radius 1 is 1.45 bits per heavy atom. The lowest BCUT2D eigenvalue weighted by Gasteiger charge is -2.20. The van der Waals surface area contributed by atoms with Crippen LogP contribution in [-0.4, -0.2) is 6.04 Å². The van der Waals surface area contributed by atoms with Gasteiger partial charge < -0.3 is 5.32 Å². The first kappa shape index (κ1) is 8.63. The molecule has 1 N–H and O–H groups in total. The maximum absolute atomic E-state index is 4.01. The molecule has 1 aliphatic carbocycles. The summed E-state index contributed by atoms with van der Waals surface area (Å²) < 4.78 is 0. The molecule has 0 aromatic heterocycles. The van der Waals surface area contributed by atoms with Crippen molar-refractivity contribution < 1.29 is 0 Å². The molecule has 1 saturated carbocycles. The summed E-state index contributed by atoms with van der Waals surface area (Å²) in [5, 5.41) is 3.42. The van der Waals surface area contributed by atoms with Crippen molar-refractivity contribution in [2.75, 3.05) is 0 Å². The zero-order valence-electron chi connectivity index (χ0n) is 7.91. The van der Waals surface area contributed by atoms with E-state index in [9.17, 15) is 0 Å². The monoisotopic (exact) mass is 153 g/mol. The summed E-state index contributed by atoms with van der Waals surface area (Å²) in [6.45, 7) is 10.7. The normalized spacial score (nSPS) is 18.1. The SMILES string of the molecule is C=C(CC(C)(C)C)NC1CC1. The summed E-state index contributed by atoms with van der Waals surface area (Å²) in [5.41, 5.74) is 1.58. The summed E-state index contributed by atoms with van der Waals surface area (Å²) in [6.07, 6.45) is 3.76. The van der Waals surface area contributed by atoms with Crippen LogP contribution in [0.1, 0.15) is 40.0 Å². The summed E-state index contributed by atoms with van der Waals surface area (Å²) in [7, 11) is 0. The Morgan fingerprint density at radius 3 is 2.36 bits per heavy atom. The number of hydrogen-bond donors (Lipinski definition) is 1. The van der Waals surface area contributed by atoms with Crippen molar-refractivity contribution in [3.63, 3.8) is 0 Å². The second kappa shape index (κ2) is 2.88. The Hall–Kier alpha value is -0.460. The Balaban J connectivity index is 2.19. The summed E-state index contributed by atoms with van der Waals surface area (Å²) in [6, 6.07) is 0.754. The molecule has 64 valence electrons. The van der Waals surface area contributed by atoms with Gasteiger partial charge in [0.2, 0.25) is 0 Å². The maximum Gasteiger partial charge on any atom is 0.0259 e. The molecule has 1 rings (SSSR count). The molecule has 0 heterocycles. The topological polar surface area (TPSA) is 12.0 Å². The fourth-order valence-electron chi connectivity index (χ4n) is 1.21. The highest BCUT2D eigenvalue weighted by Crippen LogP contribution is 2.25. The first-order valence-electron chi connectivity index (χ1n) is 4.42. The average Bonchev–Trinajstić information content (AvgIpc) is 2.42. The quantitative estimate of drug-likeness (QED) is 0.657. The molecule has 0 radical (unpaired) electrons. The van der Waals surface area contributed by atoms with Gasteiger partial charge in [-0.3, -0.25) is 0 Å². The number of hydrogen-bond acceptors (Lipinski definition) is 1. The van der Waals surface area contributed by atoms with E-state index >= 15 is 0 Å². The zero-order valence-corrected chi connectivity index (χ0v) is 7.91. The molecule has 1 aliphatic rings. The van der Waals surface area contributed by atoms with Crippen molar-refractivity contribution in [3.8, 4) is 0 Å². The van der Waals surface area contributed by atoms with Crippen molar-refractivity contribution in [3.05, 3.63) is 12.3 Å². The Morgan fingerprint density at radius 2 is 2.00 bits per heavy atom. The van der Waals surface area contributed by atoms with Gasteiger partial charge in [-0.1, -0.05) is 27.4 Å². The predicted molar refractivity (Wildman–Crippen MR) is 49.4 cm³/mol. The third kappa shape index (κ3) is 4.07. The van der Waals surface area contributed by atoms with Crippen molar-refractivity contribution in [2.24, 2.45) is 5.41 Å². The van der Waals surface area contributed by atoms with E-state index in [1.165, 1.54) is 18.5 Å².